The van der Waals surface area contributed by atoms with Crippen molar-refractivity contribution in [1.82, 2.24) is 108 Å². The van der Waals surface area contributed by atoms with E-state index in [4.69, 9.17) is 96.6 Å². The molecule has 4 atom stereocenters. The predicted molar refractivity (Wildman–Crippen MR) is 560 cm³/mol. The number of aromatic amines is 1. The highest BCUT2D eigenvalue weighted by Gasteiger charge is 2.25. The van der Waals surface area contributed by atoms with Gasteiger partial charge >= 0.3 is 0 Å². The SMILES string of the molecule is C.C.C=Cc1nc([C@H](C)Nc2ncnc3c2ncn3Cc2ccc(OC)cc2)cc2cccc(Cl)c12.COc1ccc(Cn2cnc3c(N[C@@H](C)c4cc5cccc(Cl)c5c(CCN5CCOCC5)n4)ncnc32)cc1.COc1ccc(Cn2cnc3c(N[C@@H](C)c4cc5cccc(Cl)c5c(Cl)n4)ncnc32)cc1.C[C@H](Nc1ncnc2nc[nH]c12)c1cc2cccc(Cl)c2c(CCN2CCOCC2)n1. The quantitative estimate of drug-likeness (QED) is 0.0284. The largest absolute Gasteiger partial charge is 0.497 e. The van der Waals surface area contributed by atoms with Gasteiger partial charge in [-0.05, 0) is 157 Å². The standard InChI is InChI=1S/C30H32ClN7O2.C26H23ClN6O.C24H20Cl2N6O.C22H24ClN7O.2CH4/c1-20(26-16-22-4-3-5-24(31)27(22)25(36-26)10-11-37-12-14-40-15-13-37)35-29-28-30(33-18-32-29)38(19-34-28)17-21-6-8-23(39-2)9-7-21;1-4-21-23-18(6-5-7-20(23)27)12-22(32-21)16(2)31-25-24-26(29-14-28-25)33(15-30-24)13-17-8-10-19(34-3)11-9-17;1-14(19-10-16-4-3-5-18(25)20(16)22(26)31-19)30-23-21-24(28-12-27-23)32(13-29-21)11-15-6-8-17(33-2)9-7-15;1-14(28-22-20-21(25-12-24-20)26-13-27-22)18-11-15-3-2-4-16(23)19(15)17(29-18)5-6-30-7-9-31-10-8-30;;/h3-9,16,18-20H,10-15,17H2,1-2H3,(H,32,33,35);4-12,14-16H,1,13H2,2-3H3,(H,28,29,31);3-10,12-14H,11H2,1-2H3,(H,27,28,30);2-4,11-14H,5-10H2,1H3,(H2,24,25,26,27,28);2*1H4/t20-;16-;2*14-;;/m0000../s1. The Labute approximate surface area is 835 Å². The zero-order valence-electron chi connectivity index (χ0n) is 76.8. The number of morpholine rings is 2. The number of ether oxygens (including phenoxy) is 5. The summed E-state index contributed by atoms with van der Waals surface area (Å²) >= 11 is 32.4. The van der Waals surface area contributed by atoms with Crippen molar-refractivity contribution in [1.29, 1.82) is 0 Å². The van der Waals surface area contributed by atoms with E-state index in [9.17, 15) is 0 Å². The number of fused-ring (bicyclic) bond motifs is 8. The molecule has 12 aromatic heterocycles. The van der Waals surface area contributed by atoms with Gasteiger partial charge in [0.05, 0.1) is 177 Å². The summed E-state index contributed by atoms with van der Waals surface area (Å²) < 4.78 is 32.7. The van der Waals surface area contributed by atoms with E-state index in [1.54, 1.807) is 71.4 Å². The smallest absolute Gasteiger partial charge is 0.182 e. The van der Waals surface area contributed by atoms with E-state index in [1.165, 1.54) is 12.7 Å². The van der Waals surface area contributed by atoms with Crippen molar-refractivity contribution in [2.24, 2.45) is 0 Å². The van der Waals surface area contributed by atoms with Gasteiger partial charge in [-0.3, -0.25) is 24.8 Å². The third-order valence-corrected chi connectivity index (χ3v) is 25.9. The lowest BCUT2D eigenvalue weighted by Gasteiger charge is -2.26. The maximum atomic E-state index is 6.66. The second-order valence-electron chi connectivity index (χ2n) is 33.4. The van der Waals surface area contributed by atoms with Crippen LogP contribution in [0.15, 0.2) is 227 Å². The van der Waals surface area contributed by atoms with Gasteiger partial charge in [0, 0.05) is 73.7 Å². The Balaban J connectivity index is 0.000000135. The summed E-state index contributed by atoms with van der Waals surface area (Å²) in [6.45, 7) is 22.8. The molecule has 2 aliphatic rings. The summed E-state index contributed by atoms with van der Waals surface area (Å²) in [5, 5.41) is 24.8. The maximum absolute atomic E-state index is 6.66. The number of nitrogens with one attached hydrogen (secondary N) is 5. The molecule has 5 N–H and O–H groups in total. The average Bonchev–Trinajstić information content (AvgIpc) is 1.41. The van der Waals surface area contributed by atoms with Crippen molar-refractivity contribution >= 4 is 175 Å². The van der Waals surface area contributed by atoms with Gasteiger partial charge in [-0.2, -0.15) is 0 Å². The van der Waals surface area contributed by atoms with Crippen molar-refractivity contribution in [3.8, 4) is 17.2 Å². The molecule has 31 nitrogen and oxygen atoms in total. The van der Waals surface area contributed by atoms with Crippen LogP contribution in [-0.4, -0.2) is 195 Å². The first kappa shape index (κ1) is 99.0. The van der Waals surface area contributed by atoms with E-state index in [1.807, 2.05) is 167 Å². The van der Waals surface area contributed by atoms with Crippen LogP contribution < -0.4 is 35.5 Å². The van der Waals surface area contributed by atoms with Gasteiger partial charge in [-0.15, -0.1) is 0 Å². The van der Waals surface area contributed by atoms with E-state index in [0.29, 0.717) is 74.8 Å². The van der Waals surface area contributed by atoms with Crippen LogP contribution in [0.1, 0.15) is 123 Å². The summed E-state index contributed by atoms with van der Waals surface area (Å²) in [7, 11) is 4.98. The first-order chi connectivity index (χ1) is 67.4. The molecule has 21 rings (SSSR count). The van der Waals surface area contributed by atoms with Gasteiger partial charge in [0.1, 0.15) is 69.8 Å². The summed E-state index contributed by atoms with van der Waals surface area (Å²) in [6, 6.07) is 55.1. The molecule has 0 aliphatic carbocycles. The highest BCUT2D eigenvalue weighted by Crippen LogP contribution is 2.38. The second kappa shape index (κ2) is 45.7. The molecular weight excluding hydrogens is 1870 g/mol. The fourth-order valence-electron chi connectivity index (χ4n) is 16.9. The lowest BCUT2D eigenvalue weighted by molar-refractivity contribution is 0.0383. The zero-order chi connectivity index (χ0) is 95.3. The fourth-order valence-corrected chi connectivity index (χ4v) is 18.4. The van der Waals surface area contributed by atoms with Gasteiger partial charge in [-0.25, -0.2) is 64.8 Å². The van der Waals surface area contributed by atoms with E-state index in [-0.39, 0.29) is 39.0 Å². The number of methoxy groups -OCH3 is 3. The molecule has 140 heavy (non-hydrogen) atoms. The van der Waals surface area contributed by atoms with Crippen molar-refractivity contribution in [2.45, 2.75) is 99.2 Å². The van der Waals surface area contributed by atoms with Crippen molar-refractivity contribution in [3.05, 3.63) is 309 Å². The van der Waals surface area contributed by atoms with Crippen LogP contribution in [0, 0.1) is 0 Å². The van der Waals surface area contributed by atoms with Gasteiger partial charge in [0.25, 0.3) is 0 Å². The Bertz CT molecular complexity index is 7530. The number of H-pyrrole nitrogens is 1. The number of halogens is 5. The predicted octanol–water partition coefficient (Wildman–Crippen LogP) is 21.8. The van der Waals surface area contributed by atoms with Gasteiger partial charge < -0.3 is 63.6 Å². The van der Waals surface area contributed by atoms with Crippen LogP contribution in [0.3, 0.4) is 0 Å². The fraction of sp³-hybridized carbons (Fsp3) is 0.269. The molecule has 0 radical (unpaired) electrons. The van der Waals surface area contributed by atoms with E-state index < -0.39 is 0 Å². The number of rotatable bonds is 28. The lowest BCUT2D eigenvalue weighted by atomic mass is 10.0. The molecule has 14 heterocycles. The first-order valence-electron chi connectivity index (χ1n) is 45.2. The van der Waals surface area contributed by atoms with Crippen molar-refractivity contribution in [3.63, 3.8) is 0 Å². The van der Waals surface area contributed by atoms with Crippen LogP contribution in [-0.2, 0) is 41.9 Å². The minimum Gasteiger partial charge on any atom is -0.497 e. The first-order valence-corrected chi connectivity index (χ1v) is 47.1. The third-order valence-electron chi connectivity index (χ3n) is 24.3. The molecule has 19 aromatic rings. The third kappa shape index (κ3) is 22.8. The number of hydrogen-bond acceptors (Lipinski definition) is 27. The van der Waals surface area contributed by atoms with Crippen LogP contribution in [0.2, 0.25) is 25.2 Å². The summed E-state index contributed by atoms with van der Waals surface area (Å²) in [5.74, 6) is 5.14. The molecule has 0 bridgehead atoms. The molecule has 2 saturated heterocycles. The normalized spacial score (nSPS) is 13.7. The molecule has 36 heteroatoms. The summed E-state index contributed by atoms with van der Waals surface area (Å²) in [4.78, 5) is 80.8. The van der Waals surface area contributed by atoms with Crippen LogP contribution >= 0.6 is 58.0 Å². The Kier molecular flexibility index (Phi) is 32.4. The Hall–Kier alpha value is -14.0. The monoisotopic (exact) mass is 1970 g/mol. The van der Waals surface area contributed by atoms with Gasteiger partial charge in [0.15, 0.2) is 45.9 Å². The van der Waals surface area contributed by atoms with E-state index >= 15 is 0 Å². The number of nitrogens with zero attached hydrogens (tertiary/aromatic N) is 21. The number of anilines is 4. The number of imidazole rings is 4. The number of pyridine rings is 4. The molecule has 0 amide bonds. The molecule has 0 spiro atoms. The molecule has 0 saturated carbocycles. The number of benzene rings is 7. The molecule has 0 unspecified atom stereocenters. The maximum Gasteiger partial charge on any atom is 0.182 e. The van der Waals surface area contributed by atoms with Crippen molar-refractivity contribution < 1.29 is 23.7 Å². The second-order valence-corrected chi connectivity index (χ2v) is 35.3. The average molecular weight is 1980 g/mol. The molecule has 2 aliphatic heterocycles. The molecule has 2 fully saturated rings. The van der Waals surface area contributed by atoms with Crippen molar-refractivity contribution in [2.75, 3.05) is 108 Å². The van der Waals surface area contributed by atoms with E-state index in [0.717, 1.165) is 233 Å². The highest BCUT2D eigenvalue weighted by molar-refractivity contribution is 6.41. The van der Waals surface area contributed by atoms with Crippen LogP contribution in [0.25, 0.3) is 93.8 Å². The molecule has 7 aromatic carbocycles. The Morgan fingerprint density at radius 2 is 0.729 bits per heavy atom. The topological polar surface area (TPSA) is 338 Å². The Morgan fingerprint density at radius 3 is 1.11 bits per heavy atom. The minimum atomic E-state index is -0.171. The van der Waals surface area contributed by atoms with E-state index in [2.05, 4.69) is 146 Å². The minimum absolute atomic E-state index is 0. The van der Waals surface area contributed by atoms with Crippen LogP contribution in [0.4, 0.5) is 23.3 Å². The zero-order valence-corrected chi connectivity index (χ0v) is 80.6. The summed E-state index contributed by atoms with van der Waals surface area (Å²) in [5.41, 5.74) is 15.5. The van der Waals surface area contributed by atoms with Crippen LogP contribution in [0.5, 0.6) is 17.2 Å². The number of aromatic nitrogens is 20. The lowest BCUT2D eigenvalue weighted by Crippen LogP contribution is -2.37. The highest BCUT2D eigenvalue weighted by atomic mass is 35.5. The van der Waals surface area contributed by atoms with Gasteiger partial charge in [-0.1, -0.05) is 164 Å². The molecular formula is C104H107Cl5N26O5. The Morgan fingerprint density at radius 1 is 0.393 bits per heavy atom. The number of hydrogen-bond donors (Lipinski definition) is 5. The summed E-state index contributed by atoms with van der Waals surface area (Å²) in [6.07, 6.45) is 16.5. The van der Waals surface area contributed by atoms with Gasteiger partial charge in [0.2, 0.25) is 0 Å². The molecule has 718 valence electrons.